The first kappa shape index (κ1) is 9.38. The van der Waals surface area contributed by atoms with Crippen molar-refractivity contribution >= 4 is 11.2 Å². The minimum Gasteiger partial charge on any atom is -0.322 e. The molecule has 0 bridgehead atoms. The molecule has 0 unspecified atom stereocenters. The van der Waals surface area contributed by atoms with Crippen molar-refractivity contribution in [2.75, 3.05) is 0 Å². The Kier molecular flexibility index (Phi) is 1.66. The van der Waals surface area contributed by atoms with Crippen LogP contribution in [0.5, 0.6) is 0 Å². The van der Waals surface area contributed by atoms with Crippen LogP contribution in [0.1, 0.15) is 12.2 Å². The Balaban J connectivity index is 2.62. The summed E-state index contributed by atoms with van der Waals surface area (Å²) < 4.78 is 4.49. The lowest BCUT2D eigenvalue weighted by Gasteiger charge is -2.04. The summed E-state index contributed by atoms with van der Waals surface area (Å²) in [5, 5.41) is 0. The van der Waals surface area contributed by atoms with Crippen LogP contribution in [-0.2, 0) is 27.1 Å². The van der Waals surface area contributed by atoms with E-state index in [1.54, 1.807) is 7.05 Å². The molecule has 3 heterocycles. The van der Waals surface area contributed by atoms with Crippen LogP contribution in [0.15, 0.2) is 9.59 Å². The van der Waals surface area contributed by atoms with E-state index in [0.29, 0.717) is 11.2 Å². The fraction of sp³-hybridized carbons (Fsp3) is 0.500. The maximum Gasteiger partial charge on any atom is 0.332 e. The Hall–Kier alpha value is -1.85. The SMILES string of the molecule is Cn1c(=O)c2c(nc3n2CCC3)n(C)c1=O. The first-order valence-corrected chi connectivity index (χ1v) is 5.26. The third kappa shape index (κ3) is 0.937. The molecule has 0 radical (unpaired) electrons. The molecule has 0 atom stereocenters. The summed E-state index contributed by atoms with van der Waals surface area (Å²) in [4.78, 5) is 28.1. The van der Waals surface area contributed by atoms with E-state index in [-0.39, 0.29) is 11.2 Å². The first-order chi connectivity index (χ1) is 7.61. The molecule has 2 aromatic rings. The molecule has 0 aromatic carbocycles. The summed E-state index contributed by atoms with van der Waals surface area (Å²) in [6, 6.07) is 0. The Bertz CT molecular complexity index is 704. The van der Waals surface area contributed by atoms with Gasteiger partial charge in [0.25, 0.3) is 5.56 Å². The van der Waals surface area contributed by atoms with Crippen LogP contribution in [-0.4, -0.2) is 18.7 Å². The standard InChI is InChI=1S/C10H12N4O2/c1-12-8-7(9(15)13(2)10(12)16)14-5-3-4-6(14)11-8/h3-5H2,1-2H3. The van der Waals surface area contributed by atoms with Crippen molar-refractivity contribution in [3.63, 3.8) is 0 Å². The minimum atomic E-state index is -0.325. The zero-order valence-corrected chi connectivity index (χ0v) is 9.23. The van der Waals surface area contributed by atoms with Crippen LogP contribution in [0.3, 0.4) is 0 Å². The summed E-state index contributed by atoms with van der Waals surface area (Å²) in [5.74, 6) is 0.910. The number of fused-ring (bicyclic) bond motifs is 3. The summed E-state index contributed by atoms with van der Waals surface area (Å²) in [6.07, 6.45) is 1.90. The zero-order chi connectivity index (χ0) is 11.4. The van der Waals surface area contributed by atoms with Crippen molar-refractivity contribution in [1.82, 2.24) is 18.7 Å². The second-order valence-electron chi connectivity index (χ2n) is 4.16. The predicted octanol–water partition coefficient (Wildman–Crippen LogP) is -0.620. The number of nitrogens with zero attached hydrogens (tertiary/aromatic N) is 4. The first-order valence-electron chi connectivity index (χ1n) is 5.26. The van der Waals surface area contributed by atoms with E-state index in [9.17, 15) is 9.59 Å². The third-order valence-corrected chi connectivity index (χ3v) is 3.21. The van der Waals surface area contributed by atoms with Gasteiger partial charge in [0, 0.05) is 27.1 Å². The molecule has 6 nitrogen and oxygen atoms in total. The van der Waals surface area contributed by atoms with E-state index >= 15 is 0 Å². The molecule has 1 aliphatic heterocycles. The third-order valence-electron chi connectivity index (χ3n) is 3.21. The predicted molar refractivity (Wildman–Crippen MR) is 58.5 cm³/mol. The lowest BCUT2D eigenvalue weighted by Crippen LogP contribution is -2.37. The van der Waals surface area contributed by atoms with E-state index in [4.69, 9.17) is 0 Å². The summed E-state index contributed by atoms with van der Waals surface area (Å²) >= 11 is 0. The molecule has 2 aromatic heterocycles. The fourth-order valence-corrected chi connectivity index (χ4v) is 2.32. The highest BCUT2D eigenvalue weighted by Gasteiger charge is 2.21. The van der Waals surface area contributed by atoms with Crippen molar-refractivity contribution in [2.24, 2.45) is 14.1 Å². The van der Waals surface area contributed by atoms with E-state index in [1.165, 1.54) is 11.6 Å². The number of aromatic nitrogens is 4. The average Bonchev–Trinajstić information content (AvgIpc) is 2.82. The number of hydrogen-bond donors (Lipinski definition) is 0. The van der Waals surface area contributed by atoms with Gasteiger partial charge in [-0.3, -0.25) is 13.9 Å². The molecule has 0 amide bonds. The molecule has 16 heavy (non-hydrogen) atoms. The fourth-order valence-electron chi connectivity index (χ4n) is 2.32. The molecular formula is C10H12N4O2. The molecule has 1 aliphatic rings. The van der Waals surface area contributed by atoms with Crippen molar-refractivity contribution in [2.45, 2.75) is 19.4 Å². The number of aryl methyl sites for hydroxylation is 3. The Morgan fingerprint density at radius 1 is 1.19 bits per heavy atom. The second-order valence-corrected chi connectivity index (χ2v) is 4.16. The van der Waals surface area contributed by atoms with Crippen LogP contribution in [0.2, 0.25) is 0 Å². The Morgan fingerprint density at radius 2 is 1.94 bits per heavy atom. The zero-order valence-electron chi connectivity index (χ0n) is 9.23. The van der Waals surface area contributed by atoms with Crippen LogP contribution in [0.25, 0.3) is 11.2 Å². The summed E-state index contributed by atoms with van der Waals surface area (Å²) in [7, 11) is 3.14. The van der Waals surface area contributed by atoms with E-state index in [0.717, 1.165) is 29.8 Å². The van der Waals surface area contributed by atoms with Crippen LogP contribution < -0.4 is 11.2 Å². The van der Waals surface area contributed by atoms with Crippen molar-refractivity contribution < 1.29 is 0 Å². The largest absolute Gasteiger partial charge is 0.332 e. The van der Waals surface area contributed by atoms with E-state index in [2.05, 4.69) is 4.98 Å². The second kappa shape index (κ2) is 2.84. The maximum atomic E-state index is 12.0. The van der Waals surface area contributed by atoms with Crippen molar-refractivity contribution in [3.05, 3.63) is 26.7 Å². The normalized spacial score (nSPS) is 14.6. The van der Waals surface area contributed by atoms with Crippen LogP contribution in [0, 0.1) is 0 Å². The van der Waals surface area contributed by atoms with Gasteiger partial charge < -0.3 is 4.57 Å². The van der Waals surface area contributed by atoms with Crippen LogP contribution in [0.4, 0.5) is 0 Å². The molecule has 0 spiro atoms. The smallest absolute Gasteiger partial charge is 0.322 e. The van der Waals surface area contributed by atoms with Gasteiger partial charge in [-0.1, -0.05) is 0 Å². The minimum absolute atomic E-state index is 0.251. The van der Waals surface area contributed by atoms with E-state index in [1.807, 2.05) is 4.57 Å². The van der Waals surface area contributed by atoms with Crippen LogP contribution >= 0.6 is 0 Å². The monoisotopic (exact) mass is 220 g/mol. The van der Waals surface area contributed by atoms with Crippen molar-refractivity contribution in [1.29, 1.82) is 0 Å². The highest BCUT2D eigenvalue weighted by Crippen LogP contribution is 2.18. The van der Waals surface area contributed by atoms with Gasteiger partial charge in [-0.05, 0) is 6.42 Å². The van der Waals surface area contributed by atoms with Crippen molar-refractivity contribution in [3.8, 4) is 0 Å². The van der Waals surface area contributed by atoms with Gasteiger partial charge in [-0.25, -0.2) is 9.78 Å². The quantitative estimate of drug-likeness (QED) is 0.594. The molecule has 3 rings (SSSR count). The molecule has 0 N–H and O–H groups in total. The Morgan fingerprint density at radius 3 is 2.69 bits per heavy atom. The lowest BCUT2D eigenvalue weighted by atomic mass is 10.4. The average molecular weight is 220 g/mol. The maximum absolute atomic E-state index is 12.0. The highest BCUT2D eigenvalue weighted by atomic mass is 16.2. The van der Waals surface area contributed by atoms with E-state index < -0.39 is 0 Å². The van der Waals surface area contributed by atoms with Gasteiger partial charge in [0.15, 0.2) is 11.2 Å². The van der Waals surface area contributed by atoms with Gasteiger partial charge in [-0.15, -0.1) is 0 Å². The Labute approximate surface area is 90.8 Å². The highest BCUT2D eigenvalue weighted by molar-refractivity contribution is 5.71. The van der Waals surface area contributed by atoms with Gasteiger partial charge >= 0.3 is 5.69 Å². The van der Waals surface area contributed by atoms with Gasteiger partial charge in [0.1, 0.15) is 5.82 Å². The molecule has 0 fully saturated rings. The topological polar surface area (TPSA) is 61.8 Å². The molecule has 0 aliphatic carbocycles. The molecular weight excluding hydrogens is 208 g/mol. The lowest BCUT2D eigenvalue weighted by molar-refractivity contribution is 0.695. The van der Waals surface area contributed by atoms with Gasteiger partial charge in [-0.2, -0.15) is 0 Å². The van der Waals surface area contributed by atoms with Gasteiger partial charge in [0.05, 0.1) is 0 Å². The number of hydrogen-bond acceptors (Lipinski definition) is 3. The molecule has 0 saturated carbocycles. The molecule has 6 heteroatoms. The summed E-state index contributed by atoms with van der Waals surface area (Å²) in [5.41, 5.74) is 0.480. The number of imidazole rings is 1. The molecule has 84 valence electrons. The van der Waals surface area contributed by atoms with Gasteiger partial charge in [0.2, 0.25) is 0 Å². The number of rotatable bonds is 0. The molecule has 0 saturated heterocycles. The summed E-state index contributed by atoms with van der Waals surface area (Å²) in [6.45, 7) is 0.819.